The first-order valence-corrected chi connectivity index (χ1v) is 3.46. The molecule has 0 saturated heterocycles. The van der Waals surface area contributed by atoms with Gasteiger partial charge in [0, 0.05) is 0 Å². The molecule has 0 heterocycles. The fourth-order valence-corrected chi connectivity index (χ4v) is 0.426. The largest absolute Gasteiger partial charge is 0.461 e. The Morgan fingerprint density at radius 3 is 2.25 bits per heavy atom. The standard InChI is InChI=1S/C8H12O4/c1-6(2)4-5-12-8(10)7(9)11-3/h4H,5H2,1-3H3. The molecule has 0 fully saturated rings. The van der Waals surface area contributed by atoms with Gasteiger partial charge in [0.15, 0.2) is 0 Å². The molecular weight excluding hydrogens is 160 g/mol. The first kappa shape index (κ1) is 10.7. The number of carbonyl (C=O) groups excluding carboxylic acids is 2. The van der Waals surface area contributed by atoms with Gasteiger partial charge >= 0.3 is 11.9 Å². The van der Waals surface area contributed by atoms with Gasteiger partial charge in [0.25, 0.3) is 0 Å². The highest BCUT2D eigenvalue weighted by atomic mass is 16.6. The number of allylic oxidation sites excluding steroid dienone is 1. The van der Waals surface area contributed by atoms with Crippen LogP contribution in [0.25, 0.3) is 0 Å². The number of hydrogen-bond acceptors (Lipinski definition) is 4. The SMILES string of the molecule is COC(=O)C(=O)OCC=C(C)C. The Morgan fingerprint density at radius 1 is 1.25 bits per heavy atom. The first-order chi connectivity index (χ1) is 5.57. The molecule has 68 valence electrons. The zero-order valence-corrected chi connectivity index (χ0v) is 7.42. The van der Waals surface area contributed by atoms with Crippen LogP contribution in [0.5, 0.6) is 0 Å². The molecule has 0 aliphatic rings. The quantitative estimate of drug-likeness (QED) is 0.349. The number of rotatable bonds is 2. The Balaban J connectivity index is 3.73. The Bertz CT molecular complexity index is 201. The zero-order chi connectivity index (χ0) is 9.56. The molecule has 0 spiro atoms. The Labute approximate surface area is 71.2 Å². The second-order valence-corrected chi connectivity index (χ2v) is 2.37. The fraction of sp³-hybridized carbons (Fsp3) is 0.500. The number of methoxy groups -OCH3 is 1. The lowest BCUT2D eigenvalue weighted by Crippen LogP contribution is -2.18. The van der Waals surface area contributed by atoms with Crippen LogP contribution in [0.2, 0.25) is 0 Å². The number of esters is 2. The van der Waals surface area contributed by atoms with E-state index < -0.39 is 11.9 Å². The topological polar surface area (TPSA) is 52.6 Å². The van der Waals surface area contributed by atoms with Crippen LogP contribution < -0.4 is 0 Å². The van der Waals surface area contributed by atoms with E-state index in [-0.39, 0.29) is 6.61 Å². The van der Waals surface area contributed by atoms with E-state index in [0.717, 1.165) is 12.7 Å². The average Bonchev–Trinajstić information content (AvgIpc) is 2.02. The molecule has 0 aliphatic heterocycles. The highest BCUT2D eigenvalue weighted by Gasteiger charge is 2.13. The molecule has 0 saturated carbocycles. The van der Waals surface area contributed by atoms with Crippen molar-refractivity contribution in [3.8, 4) is 0 Å². The number of ether oxygens (including phenoxy) is 2. The van der Waals surface area contributed by atoms with Crippen LogP contribution in [-0.2, 0) is 19.1 Å². The van der Waals surface area contributed by atoms with Gasteiger partial charge in [-0.25, -0.2) is 9.59 Å². The summed E-state index contributed by atoms with van der Waals surface area (Å²) in [6, 6.07) is 0. The normalized spacial score (nSPS) is 8.58. The lowest BCUT2D eigenvalue weighted by molar-refractivity contribution is -0.165. The van der Waals surface area contributed by atoms with Gasteiger partial charge in [0.05, 0.1) is 7.11 Å². The number of carbonyl (C=O) groups is 2. The van der Waals surface area contributed by atoms with Crippen molar-refractivity contribution in [1.29, 1.82) is 0 Å². The van der Waals surface area contributed by atoms with Crippen LogP contribution in [0.1, 0.15) is 13.8 Å². The lowest BCUT2D eigenvalue weighted by Gasteiger charge is -1.98. The van der Waals surface area contributed by atoms with Crippen molar-refractivity contribution in [3.63, 3.8) is 0 Å². The molecule has 4 nitrogen and oxygen atoms in total. The van der Waals surface area contributed by atoms with Gasteiger partial charge in [0.1, 0.15) is 6.61 Å². The maximum Gasteiger partial charge on any atom is 0.417 e. The zero-order valence-electron chi connectivity index (χ0n) is 7.42. The van der Waals surface area contributed by atoms with E-state index in [1.54, 1.807) is 6.08 Å². The van der Waals surface area contributed by atoms with Crippen molar-refractivity contribution in [1.82, 2.24) is 0 Å². The third-order valence-electron chi connectivity index (χ3n) is 1.06. The summed E-state index contributed by atoms with van der Waals surface area (Å²) in [5.74, 6) is -1.94. The molecule has 0 radical (unpaired) electrons. The van der Waals surface area contributed by atoms with Crippen molar-refractivity contribution in [2.45, 2.75) is 13.8 Å². The Hall–Kier alpha value is -1.32. The summed E-state index contributed by atoms with van der Waals surface area (Å²) in [6.45, 7) is 3.84. The highest BCUT2D eigenvalue weighted by Crippen LogP contribution is 1.89. The summed E-state index contributed by atoms with van der Waals surface area (Å²) >= 11 is 0. The van der Waals surface area contributed by atoms with E-state index in [1.165, 1.54) is 0 Å². The van der Waals surface area contributed by atoms with Gasteiger partial charge in [-0.2, -0.15) is 0 Å². The molecule has 0 aliphatic carbocycles. The number of hydrogen-bond donors (Lipinski definition) is 0. The predicted octanol–water partition coefficient (Wildman–Crippen LogP) is 0.669. The van der Waals surface area contributed by atoms with E-state index in [4.69, 9.17) is 0 Å². The summed E-state index contributed by atoms with van der Waals surface area (Å²) in [4.78, 5) is 21.1. The first-order valence-electron chi connectivity index (χ1n) is 3.46. The van der Waals surface area contributed by atoms with Crippen LogP contribution in [-0.4, -0.2) is 25.7 Å². The van der Waals surface area contributed by atoms with Crippen molar-refractivity contribution in [2.75, 3.05) is 13.7 Å². The molecule has 12 heavy (non-hydrogen) atoms. The molecule has 0 aromatic heterocycles. The molecule has 0 aromatic carbocycles. The predicted molar refractivity (Wildman–Crippen MR) is 42.4 cm³/mol. The monoisotopic (exact) mass is 172 g/mol. The van der Waals surface area contributed by atoms with Crippen molar-refractivity contribution in [2.24, 2.45) is 0 Å². The van der Waals surface area contributed by atoms with Gasteiger partial charge in [-0.3, -0.25) is 0 Å². The van der Waals surface area contributed by atoms with E-state index in [0.29, 0.717) is 0 Å². The van der Waals surface area contributed by atoms with Crippen LogP contribution in [0.3, 0.4) is 0 Å². The van der Waals surface area contributed by atoms with E-state index >= 15 is 0 Å². The van der Waals surface area contributed by atoms with Crippen molar-refractivity contribution >= 4 is 11.9 Å². The second kappa shape index (κ2) is 5.35. The van der Waals surface area contributed by atoms with Gasteiger partial charge in [-0.1, -0.05) is 5.57 Å². The third-order valence-corrected chi connectivity index (χ3v) is 1.06. The second-order valence-electron chi connectivity index (χ2n) is 2.37. The summed E-state index contributed by atoms with van der Waals surface area (Å²) in [6.07, 6.45) is 1.70. The molecule has 0 aromatic rings. The minimum absolute atomic E-state index is 0.107. The summed E-state index contributed by atoms with van der Waals surface area (Å²) in [7, 11) is 1.13. The van der Waals surface area contributed by atoms with Crippen molar-refractivity contribution in [3.05, 3.63) is 11.6 Å². The molecule has 0 amide bonds. The smallest absolute Gasteiger partial charge is 0.417 e. The van der Waals surface area contributed by atoms with Crippen LogP contribution in [0, 0.1) is 0 Å². The van der Waals surface area contributed by atoms with Gasteiger partial charge < -0.3 is 9.47 Å². The molecule has 0 bridgehead atoms. The Morgan fingerprint density at radius 2 is 1.83 bits per heavy atom. The maximum atomic E-state index is 10.6. The lowest BCUT2D eigenvalue weighted by atomic mass is 10.3. The van der Waals surface area contributed by atoms with Crippen molar-refractivity contribution < 1.29 is 19.1 Å². The van der Waals surface area contributed by atoms with Crippen LogP contribution in [0.15, 0.2) is 11.6 Å². The summed E-state index contributed by atoms with van der Waals surface area (Å²) < 4.78 is 8.65. The van der Waals surface area contributed by atoms with Gasteiger partial charge in [-0.15, -0.1) is 0 Å². The van der Waals surface area contributed by atoms with E-state index in [1.807, 2.05) is 13.8 Å². The molecular formula is C8H12O4. The molecule has 0 unspecified atom stereocenters. The summed E-state index contributed by atoms with van der Waals surface area (Å²) in [5, 5.41) is 0. The third kappa shape index (κ3) is 4.49. The minimum Gasteiger partial charge on any atom is -0.461 e. The Kier molecular flexibility index (Phi) is 4.76. The van der Waals surface area contributed by atoms with Crippen LogP contribution >= 0.6 is 0 Å². The van der Waals surface area contributed by atoms with E-state index in [9.17, 15) is 9.59 Å². The molecule has 0 rings (SSSR count). The molecule has 4 heteroatoms. The maximum absolute atomic E-state index is 10.6. The minimum atomic E-state index is -0.975. The summed E-state index contributed by atoms with van der Waals surface area (Å²) in [5.41, 5.74) is 1.02. The highest BCUT2D eigenvalue weighted by molar-refractivity contribution is 6.29. The fourth-order valence-electron chi connectivity index (χ4n) is 0.426. The molecule has 0 N–H and O–H groups in total. The van der Waals surface area contributed by atoms with Gasteiger partial charge in [0.2, 0.25) is 0 Å². The average molecular weight is 172 g/mol. The van der Waals surface area contributed by atoms with Gasteiger partial charge in [-0.05, 0) is 19.9 Å². The van der Waals surface area contributed by atoms with Crippen LogP contribution in [0.4, 0.5) is 0 Å². The van der Waals surface area contributed by atoms with E-state index in [2.05, 4.69) is 9.47 Å². The molecule has 0 atom stereocenters.